The Morgan fingerprint density at radius 2 is 0.0566 bits per heavy atom. The summed E-state index contributed by atoms with van der Waals surface area (Å²) in [7, 11) is 0. The van der Waals surface area contributed by atoms with E-state index < -0.39 is 0 Å². The first kappa shape index (κ1) is 408. The Bertz CT molecular complexity index is 16.6. The van der Waals surface area contributed by atoms with Crippen molar-refractivity contribution >= 4 is 0 Å². The van der Waals surface area contributed by atoms with E-state index in [1.807, 2.05) is 0 Å². The first-order valence-electron chi connectivity index (χ1n) is 0. The molecule has 0 atom stereocenters. The third-order valence-corrected chi connectivity index (χ3v) is 0. The van der Waals surface area contributed by atoms with Crippen LogP contribution in [0.2, 0.25) is 0 Å². The standard InChI is InChI=1S/3CH3.50Y/h3*1H3;;;;;;;;;;;;;;;;;;;;;;;;;;;;;;;;;;;;;;;;;;;;;;;;;;/q3*-1;;;;;;;;;;;;;;;;;;;;;;;;;;;;;;;;;;;;;;;;;;;;;;;;;;+3. The molecule has 171 valence electrons. The normalized spacial score (nSPS) is 0. The maximum atomic E-state index is 0. The molecule has 0 saturated heterocycles. The monoisotopic (exact) mass is 4490 g/mol. The Labute approximate surface area is 1590 Å². The van der Waals surface area contributed by atoms with E-state index in [1.165, 1.54) is 0 Å². The van der Waals surface area contributed by atoms with Crippen molar-refractivity contribution in [3.05, 3.63) is 22.3 Å². The third-order valence-electron chi connectivity index (χ3n) is 0. The summed E-state index contributed by atoms with van der Waals surface area (Å²) in [6.45, 7) is 0. The molecule has 0 aromatic rings. The van der Waals surface area contributed by atoms with E-state index in [1.54, 1.807) is 0 Å². The minimum atomic E-state index is 0. The molecule has 0 amide bonds. The molecule has 49 radical (unpaired) electrons. The Kier molecular flexibility index (Phi) is 3060. The first-order valence-corrected chi connectivity index (χ1v) is 0. The molecule has 0 saturated carbocycles. The Morgan fingerprint density at radius 3 is 0.0566 bits per heavy atom. The quantitative estimate of drug-likeness (QED) is 0.321. The molecule has 0 aliphatic rings. The molecule has 50 heteroatoms. The molecular weight excluding hydrogens is 4480 g/mol. The molecule has 53 heavy (non-hydrogen) atoms. The van der Waals surface area contributed by atoms with Crippen molar-refractivity contribution in [3.8, 4) is 0 Å². The Hall–Kier alpha value is 55.2. The third kappa shape index (κ3) is 389. The first-order chi connectivity index (χ1) is 0. The van der Waals surface area contributed by atoms with Gasteiger partial charge in [0.05, 0.1) is 0 Å². The minimum Gasteiger partial charge on any atom is -0.358 e. The average molecular weight is 4490 g/mol. The van der Waals surface area contributed by atoms with Crippen molar-refractivity contribution < 1.29 is 1640 Å². The van der Waals surface area contributed by atoms with Crippen LogP contribution in [0.5, 0.6) is 0 Å². The fraction of sp³-hybridized carbons (Fsp3) is 0. The average Bonchev–Trinajstić information content (AvgIpc) is 0. The van der Waals surface area contributed by atoms with E-state index in [9.17, 15) is 0 Å². The fourth-order valence-corrected chi connectivity index (χ4v) is 0. The summed E-state index contributed by atoms with van der Waals surface area (Å²) in [5.74, 6) is 0. The van der Waals surface area contributed by atoms with Gasteiger partial charge in [0.15, 0.2) is 0 Å². The van der Waals surface area contributed by atoms with Crippen molar-refractivity contribution in [2.24, 2.45) is 0 Å². The van der Waals surface area contributed by atoms with Crippen LogP contribution in [-0.4, -0.2) is 0 Å². The van der Waals surface area contributed by atoms with E-state index in [0.29, 0.717) is 0 Å². The van der Waals surface area contributed by atoms with Crippen molar-refractivity contribution in [2.75, 3.05) is 0 Å². The van der Waals surface area contributed by atoms with Gasteiger partial charge in [-0.3, -0.25) is 0 Å². The molecule has 0 unspecified atom stereocenters. The van der Waals surface area contributed by atoms with Gasteiger partial charge in [0.2, 0.25) is 0 Å². The predicted octanol–water partition coefficient (Wildman–Crippen LogP) is 1.23. The molecule has 0 heterocycles. The van der Waals surface area contributed by atoms with Gasteiger partial charge >= 0.3 is 32.7 Å². The van der Waals surface area contributed by atoms with E-state index in [-0.39, 0.29) is 1660 Å². The van der Waals surface area contributed by atoms with Crippen molar-refractivity contribution in [1.29, 1.82) is 0 Å². The Morgan fingerprint density at radius 1 is 0.0566 bits per heavy atom. The van der Waals surface area contributed by atoms with Crippen LogP contribution < -0.4 is 0 Å². The van der Waals surface area contributed by atoms with Crippen LogP contribution in [0.25, 0.3) is 0 Å². The summed E-state index contributed by atoms with van der Waals surface area (Å²) in [5, 5.41) is 0. The maximum absolute atomic E-state index is 0. The van der Waals surface area contributed by atoms with E-state index in [0.717, 1.165) is 0 Å². The van der Waals surface area contributed by atoms with Crippen molar-refractivity contribution in [2.45, 2.75) is 0 Å². The molecule has 0 aliphatic heterocycles. The zero-order valence-electron chi connectivity index (χ0n) is 31.9. The zero-order valence-corrected chi connectivity index (χ0v) is 174. The molecule has 0 aromatic heterocycles. The van der Waals surface area contributed by atoms with Gasteiger partial charge in [-0.25, -0.2) is 0 Å². The van der Waals surface area contributed by atoms with Gasteiger partial charge in [-0.05, 0) is 0 Å². The summed E-state index contributed by atoms with van der Waals surface area (Å²) in [6.07, 6.45) is 0. The van der Waals surface area contributed by atoms with Gasteiger partial charge in [-0.1, -0.05) is 0 Å². The molecule has 0 fully saturated rings. The largest absolute Gasteiger partial charge is 3.00 e. The van der Waals surface area contributed by atoms with Crippen molar-refractivity contribution in [1.82, 2.24) is 0 Å². The second-order valence-electron chi connectivity index (χ2n) is 0. The molecule has 0 nitrogen and oxygen atoms in total. The van der Waals surface area contributed by atoms with E-state index in [2.05, 4.69) is 0 Å². The van der Waals surface area contributed by atoms with Gasteiger partial charge in [-0.15, -0.1) is 0 Å². The predicted molar refractivity (Wildman–Crippen MR) is 19.2 cm³/mol. The number of rotatable bonds is 0. The molecular formula is C3H9Y50. The SMILES string of the molecule is [CH3-].[CH3-].[CH3-].[Y+3].[Y].[Y].[Y].[Y].[Y].[Y].[Y].[Y].[Y].[Y].[Y].[Y].[Y].[Y].[Y].[Y].[Y].[Y].[Y].[Y].[Y].[Y].[Y].[Y].[Y].[Y].[Y].[Y].[Y].[Y].[Y].[Y].[Y].[Y].[Y].[Y].[Y].[Y].[Y].[Y].[Y].[Y].[Y].[Y].[Y].[Y].[Y].[Y].[Y]. The van der Waals surface area contributed by atoms with Crippen LogP contribution in [0.1, 0.15) is 0 Å². The topological polar surface area (TPSA) is 0 Å². The second-order valence-corrected chi connectivity index (χ2v) is 0. The maximum Gasteiger partial charge on any atom is 3.00 e. The van der Waals surface area contributed by atoms with E-state index in [4.69, 9.17) is 0 Å². The van der Waals surface area contributed by atoms with Gasteiger partial charge in [0, 0.05) is 1600 Å². The van der Waals surface area contributed by atoms with Gasteiger partial charge in [0.25, 0.3) is 0 Å². The summed E-state index contributed by atoms with van der Waals surface area (Å²) >= 11 is 0. The molecule has 0 bridgehead atoms. The van der Waals surface area contributed by atoms with Gasteiger partial charge in [-0.2, -0.15) is 0 Å². The van der Waals surface area contributed by atoms with Crippen LogP contribution in [0.15, 0.2) is 0 Å². The van der Waals surface area contributed by atoms with Crippen LogP contribution in [-0.2, 0) is 1640 Å². The smallest absolute Gasteiger partial charge is 0.358 e. The molecule has 0 aliphatic carbocycles. The zero-order chi connectivity index (χ0) is 0. The van der Waals surface area contributed by atoms with Gasteiger partial charge < -0.3 is 22.3 Å². The molecule has 0 N–H and O–H groups in total. The molecule has 0 spiro atoms. The van der Waals surface area contributed by atoms with Crippen LogP contribution in [0.4, 0.5) is 0 Å². The van der Waals surface area contributed by atoms with Crippen molar-refractivity contribution in [3.63, 3.8) is 0 Å². The van der Waals surface area contributed by atoms with Crippen LogP contribution >= 0.6 is 0 Å². The summed E-state index contributed by atoms with van der Waals surface area (Å²) in [6, 6.07) is 0. The van der Waals surface area contributed by atoms with Crippen LogP contribution in [0.3, 0.4) is 0 Å². The summed E-state index contributed by atoms with van der Waals surface area (Å²) < 4.78 is 0. The molecule has 0 aromatic carbocycles. The van der Waals surface area contributed by atoms with E-state index >= 15 is 0 Å². The summed E-state index contributed by atoms with van der Waals surface area (Å²) in [4.78, 5) is 0. The molecule has 0 rings (SSSR count). The van der Waals surface area contributed by atoms with Crippen LogP contribution in [0, 0.1) is 22.3 Å². The van der Waals surface area contributed by atoms with Gasteiger partial charge in [0.1, 0.15) is 0 Å². The second kappa shape index (κ2) is 397. The summed E-state index contributed by atoms with van der Waals surface area (Å²) in [5.41, 5.74) is 0. The minimum absolute atomic E-state index is 0. The Balaban J connectivity index is 0. The number of hydrogen-bond donors (Lipinski definition) is 0. The fourth-order valence-electron chi connectivity index (χ4n) is 0. The number of hydrogen-bond acceptors (Lipinski definition) is 0.